The van der Waals surface area contributed by atoms with E-state index < -0.39 is 149 Å². The Bertz CT molecular complexity index is 3040. The molecule has 6 aliphatic rings. The van der Waals surface area contributed by atoms with Crippen LogP contribution in [0.5, 0.6) is 28.7 Å². The summed E-state index contributed by atoms with van der Waals surface area (Å²) in [5.41, 5.74) is 6.16. The minimum atomic E-state index is -2.18. The Labute approximate surface area is 422 Å². The van der Waals surface area contributed by atoms with Gasteiger partial charge in [-0.2, -0.15) is 0 Å². The molecule has 12 N–H and O–H groups in total. The predicted octanol–water partition coefficient (Wildman–Crippen LogP) is 2.05. The fraction of sp³-hybridized carbons (Fsp3) is 0.434. The number of ketones is 6. The van der Waals surface area contributed by atoms with Crippen molar-refractivity contribution < 1.29 is 93.3 Å². The van der Waals surface area contributed by atoms with E-state index in [1.165, 1.54) is 44.4 Å². The van der Waals surface area contributed by atoms with Crippen LogP contribution in [0.15, 0.2) is 42.5 Å². The highest BCUT2D eigenvalue weighted by atomic mass is 16.7. The summed E-state index contributed by atoms with van der Waals surface area (Å²) in [5, 5.41) is 87.4. The van der Waals surface area contributed by atoms with Crippen LogP contribution in [-0.2, 0) is 41.4 Å². The van der Waals surface area contributed by atoms with E-state index in [0.717, 1.165) is 0 Å². The van der Waals surface area contributed by atoms with Gasteiger partial charge in [0.15, 0.2) is 41.5 Å². The number of nitrogens with two attached hydrogens (primary N) is 2. The lowest BCUT2D eigenvalue weighted by Gasteiger charge is -2.42. The van der Waals surface area contributed by atoms with Crippen LogP contribution in [0.3, 0.4) is 0 Å². The number of carbonyl (C=O) groups excluding carboxylic acids is 6. The molecule has 4 aromatic rings. The summed E-state index contributed by atoms with van der Waals surface area (Å²) in [6.07, 6.45) is -6.82. The topological polar surface area (TPSA) is 362 Å². The molecule has 2 heterocycles. The molecule has 0 saturated carbocycles. The van der Waals surface area contributed by atoms with Crippen molar-refractivity contribution in [2.24, 2.45) is 11.5 Å². The molecule has 4 aliphatic carbocycles. The molecule has 2 aliphatic heterocycles. The third kappa shape index (κ3) is 8.55. The van der Waals surface area contributed by atoms with Gasteiger partial charge in [-0.15, -0.1) is 0 Å². The maximum atomic E-state index is 13.6. The van der Waals surface area contributed by atoms with Crippen molar-refractivity contribution in [2.45, 2.75) is 132 Å². The Morgan fingerprint density at radius 3 is 1.66 bits per heavy atom. The molecule has 0 bridgehead atoms. The number of methoxy groups -OCH3 is 1. The first-order valence-electron chi connectivity index (χ1n) is 24.0. The maximum absolute atomic E-state index is 13.6. The lowest BCUT2D eigenvalue weighted by molar-refractivity contribution is -0.247. The molecule has 21 heteroatoms. The fourth-order valence-electron chi connectivity index (χ4n) is 11.2. The van der Waals surface area contributed by atoms with Crippen molar-refractivity contribution >= 4 is 34.7 Å². The van der Waals surface area contributed by atoms with Crippen LogP contribution in [0, 0.1) is 0 Å². The van der Waals surface area contributed by atoms with Crippen molar-refractivity contribution in [3.05, 3.63) is 109 Å². The highest BCUT2D eigenvalue weighted by Crippen LogP contribution is 2.54. The van der Waals surface area contributed by atoms with Gasteiger partial charge in [0.25, 0.3) is 0 Å². The summed E-state index contributed by atoms with van der Waals surface area (Å²) in [6, 6.07) is 9.57. The van der Waals surface area contributed by atoms with Crippen molar-refractivity contribution in [3.8, 4) is 28.7 Å². The van der Waals surface area contributed by atoms with E-state index in [1.807, 2.05) is 6.92 Å². The molecular formula is C53H56N2O19. The summed E-state index contributed by atoms with van der Waals surface area (Å²) in [4.78, 5) is 78.7. The third-order valence-electron chi connectivity index (χ3n) is 15.1. The van der Waals surface area contributed by atoms with E-state index in [0.29, 0.717) is 6.42 Å². The van der Waals surface area contributed by atoms with Gasteiger partial charge in [-0.3, -0.25) is 28.8 Å². The smallest absolute Gasteiger partial charge is 0.202 e. The van der Waals surface area contributed by atoms with E-state index in [-0.39, 0.29) is 92.8 Å². The fourth-order valence-corrected chi connectivity index (χ4v) is 11.2. The second-order valence-corrected chi connectivity index (χ2v) is 19.9. The summed E-state index contributed by atoms with van der Waals surface area (Å²) in [5.74, 6) is -6.61. The first-order valence-corrected chi connectivity index (χ1v) is 24.0. The molecule has 2 fully saturated rings. The minimum Gasteiger partial charge on any atom is -0.507 e. The number of rotatable bonds is 8. The Hall–Kier alpha value is -6.50. The normalized spacial score (nSPS) is 29.8. The van der Waals surface area contributed by atoms with Crippen LogP contribution >= 0.6 is 0 Å². The van der Waals surface area contributed by atoms with Gasteiger partial charge in [-0.1, -0.05) is 36.4 Å². The van der Waals surface area contributed by atoms with Gasteiger partial charge in [-0.05, 0) is 33.3 Å². The SMILES string of the molecule is CC(=O)[C@]1(O)Cc2c(O)c3c(c(O)c2[C@@H](O[C@H]2C[C@H](N)[C@H](O)[C@H](C)O2)C1)C(=O)c1ccccc1C3=O.COc1cccc2c1C(=O)c1c(O)c3c(c(O)c1C2=O)CC(O)(C(=O)CO)CC3OC1CC(N)CC(C)O1. The van der Waals surface area contributed by atoms with Gasteiger partial charge in [-0.25, -0.2) is 0 Å². The summed E-state index contributed by atoms with van der Waals surface area (Å²) < 4.78 is 29.0. The van der Waals surface area contributed by atoms with Crippen LogP contribution in [0.2, 0.25) is 0 Å². The van der Waals surface area contributed by atoms with Gasteiger partial charge >= 0.3 is 0 Å². The standard InChI is InChI=1S/C27H29NO10.C26H27NO9/c1-11-6-12(28)7-18(37-11)38-16-9-27(35,17(30)10-29)8-14-20(16)26(34)22-21(24(14)32)23(31)13-4-3-5-15(36-2)19(13)25(22)33;1-10-21(29)15(27)7-17(35-10)36-16-9-26(34,11(2)28)8-14-18(16)25(33)20-19(24(14)32)22(30)12-5-3-4-6-13(12)23(20)31/h3-5,11-12,16,18,29,32,34-35H,6-10,28H2,1-2H3;3-6,10,15-17,21,29,32-34H,7-9,27H2,1-2H3/t;10-,15-,16-,17-,21+,26-/m.0/s1. The maximum Gasteiger partial charge on any atom is 0.202 e. The molecule has 11 atom stereocenters. The Morgan fingerprint density at radius 2 is 1.15 bits per heavy atom. The van der Waals surface area contributed by atoms with Gasteiger partial charge in [0.2, 0.25) is 5.78 Å². The molecule has 5 unspecified atom stereocenters. The number of hydrogen-bond acceptors (Lipinski definition) is 21. The van der Waals surface area contributed by atoms with E-state index in [2.05, 4.69) is 0 Å². The third-order valence-corrected chi connectivity index (χ3v) is 15.1. The zero-order valence-electron chi connectivity index (χ0n) is 40.6. The zero-order chi connectivity index (χ0) is 53.6. The van der Waals surface area contributed by atoms with E-state index in [1.54, 1.807) is 19.1 Å². The highest BCUT2D eigenvalue weighted by molar-refractivity contribution is 6.32. The number of hydrogen-bond donors (Lipinski definition) is 10. The van der Waals surface area contributed by atoms with Crippen LogP contribution in [0.25, 0.3) is 0 Å². The Balaban J connectivity index is 0.000000182. The molecule has 392 valence electrons. The Morgan fingerprint density at radius 1 is 0.662 bits per heavy atom. The average molecular weight is 1030 g/mol. The molecule has 0 spiro atoms. The summed E-state index contributed by atoms with van der Waals surface area (Å²) in [7, 11) is 1.34. The molecule has 2 saturated heterocycles. The highest BCUT2D eigenvalue weighted by Gasteiger charge is 2.52. The van der Waals surface area contributed by atoms with Crippen LogP contribution in [0.4, 0.5) is 0 Å². The molecule has 0 radical (unpaired) electrons. The first kappa shape index (κ1) is 52.4. The van der Waals surface area contributed by atoms with Crippen molar-refractivity contribution in [3.63, 3.8) is 0 Å². The summed E-state index contributed by atoms with van der Waals surface area (Å²) >= 11 is 0. The number of phenols is 4. The van der Waals surface area contributed by atoms with Crippen LogP contribution < -0.4 is 16.2 Å². The quantitative estimate of drug-likeness (QED) is 0.0975. The molecule has 0 amide bonds. The van der Waals surface area contributed by atoms with Crippen molar-refractivity contribution in [1.82, 2.24) is 0 Å². The lowest BCUT2D eigenvalue weighted by Crippen LogP contribution is -2.52. The van der Waals surface area contributed by atoms with Crippen molar-refractivity contribution in [2.75, 3.05) is 13.7 Å². The molecule has 4 aromatic carbocycles. The molecule has 0 aromatic heterocycles. The van der Waals surface area contributed by atoms with E-state index in [4.69, 9.17) is 35.2 Å². The number of fused-ring (bicyclic) bond motifs is 6. The number of aliphatic hydroxyl groups is 4. The van der Waals surface area contributed by atoms with Gasteiger partial charge < -0.3 is 76.0 Å². The number of carbonyl (C=O) groups is 6. The second kappa shape index (κ2) is 19.3. The van der Waals surface area contributed by atoms with E-state index >= 15 is 0 Å². The summed E-state index contributed by atoms with van der Waals surface area (Å²) in [6.45, 7) is 3.63. The predicted molar refractivity (Wildman–Crippen MR) is 254 cm³/mol. The number of phenolic OH excluding ortho intramolecular Hbond substituents is 4. The Kier molecular flexibility index (Phi) is 13.7. The monoisotopic (exact) mass is 1020 g/mol. The number of aliphatic hydroxyl groups excluding tert-OH is 2. The lowest BCUT2D eigenvalue weighted by atomic mass is 9.72. The van der Waals surface area contributed by atoms with Gasteiger partial charge in [0, 0.05) is 89.6 Å². The van der Waals surface area contributed by atoms with Crippen LogP contribution in [0.1, 0.15) is 151 Å². The molecular weight excluding hydrogens is 969 g/mol. The number of ether oxygens (including phenoxy) is 5. The number of Topliss-reactive ketones (excluding diaryl/α,β-unsaturated/α-hetero) is 2. The average Bonchev–Trinajstić information content (AvgIpc) is 3.35. The number of aromatic hydroxyl groups is 4. The van der Waals surface area contributed by atoms with Gasteiger partial charge in [0.1, 0.15) is 46.6 Å². The largest absolute Gasteiger partial charge is 0.507 e. The van der Waals surface area contributed by atoms with Gasteiger partial charge in [0.05, 0.1) is 65.4 Å². The first-order chi connectivity index (χ1) is 34.9. The van der Waals surface area contributed by atoms with Crippen LogP contribution in [-0.4, -0.2) is 143 Å². The molecule has 10 rings (SSSR count). The van der Waals surface area contributed by atoms with E-state index in [9.17, 15) is 69.6 Å². The number of benzene rings is 4. The minimum absolute atomic E-state index is 0.00588. The second-order valence-electron chi connectivity index (χ2n) is 19.9. The zero-order valence-corrected chi connectivity index (χ0v) is 40.6. The molecule has 74 heavy (non-hydrogen) atoms. The van der Waals surface area contributed by atoms with Crippen molar-refractivity contribution in [1.29, 1.82) is 0 Å². The molecule has 21 nitrogen and oxygen atoms in total.